The van der Waals surface area contributed by atoms with E-state index in [0.717, 1.165) is 25.9 Å². The summed E-state index contributed by atoms with van der Waals surface area (Å²) in [7, 11) is 0. The predicted molar refractivity (Wildman–Crippen MR) is 76.0 cm³/mol. The van der Waals surface area contributed by atoms with Crippen LogP contribution >= 0.6 is 0 Å². The molecule has 1 atom stereocenters. The number of morpholine rings is 1. The summed E-state index contributed by atoms with van der Waals surface area (Å²) in [5, 5.41) is 3.35. The fourth-order valence-corrected chi connectivity index (χ4v) is 3.65. The molecule has 1 unspecified atom stereocenters. The molecule has 2 aliphatic rings. The summed E-state index contributed by atoms with van der Waals surface area (Å²) in [6, 6.07) is 0. The molecule has 4 nitrogen and oxygen atoms in total. The molecule has 2 saturated heterocycles. The minimum atomic E-state index is -0.266. The Morgan fingerprint density at radius 2 is 1.79 bits per heavy atom. The van der Waals surface area contributed by atoms with E-state index in [-0.39, 0.29) is 16.6 Å². The van der Waals surface area contributed by atoms with Crippen LogP contribution in [-0.4, -0.2) is 48.2 Å². The van der Waals surface area contributed by atoms with Crippen LogP contribution in [0.5, 0.6) is 0 Å². The van der Waals surface area contributed by atoms with Crippen LogP contribution in [-0.2, 0) is 9.53 Å². The Labute approximate surface area is 116 Å². The van der Waals surface area contributed by atoms with Crippen molar-refractivity contribution in [2.75, 3.05) is 26.2 Å². The molecular formula is C15H28N2O2. The minimum absolute atomic E-state index is 0.191. The van der Waals surface area contributed by atoms with E-state index >= 15 is 0 Å². The summed E-state index contributed by atoms with van der Waals surface area (Å²) in [4.78, 5) is 15.0. The lowest BCUT2D eigenvalue weighted by Gasteiger charge is -2.49. The molecule has 1 amide bonds. The van der Waals surface area contributed by atoms with Crippen molar-refractivity contribution in [1.82, 2.24) is 10.2 Å². The predicted octanol–water partition coefficient (Wildman–Crippen LogP) is 1.79. The highest BCUT2D eigenvalue weighted by Gasteiger charge is 2.47. The summed E-state index contributed by atoms with van der Waals surface area (Å²) in [6.45, 7) is 13.6. The highest BCUT2D eigenvalue weighted by Crippen LogP contribution is 2.35. The van der Waals surface area contributed by atoms with Crippen LogP contribution in [0.2, 0.25) is 0 Å². The largest absolute Gasteiger partial charge is 0.366 e. The van der Waals surface area contributed by atoms with Crippen molar-refractivity contribution in [2.24, 2.45) is 5.41 Å². The SMILES string of the molecule is CCC1(C(=O)N2CC(C)(C)OC(C)(C)C2)CCNC1. The lowest BCUT2D eigenvalue weighted by atomic mass is 9.81. The summed E-state index contributed by atoms with van der Waals surface area (Å²) in [6.07, 6.45) is 1.87. The zero-order chi connectivity index (χ0) is 14.3. The van der Waals surface area contributed by atoms with E-state index < -0.39 is 0 Å². The molecule has 2 aliphatic heterocycles. The highest BCUT2D eigenvalue weighted by molar-refractivity contribution is 5.83. The monoisotopic (exact) mass is 268 g/mol. The number of amides is 1. The number of hydrogen-bond donors (Lipinski definition) is 1. The Balaban J connectivity index is 2.18. The van der Waals surface area contributed by atoms with Crippen LogP contribution in [0, 0.1) is 5.41 Å². The summed E-state index contributed by atoms with van der Waals surface area (Å²) in [5.41, 5.74) is -0.722. The first-order valence-corrected chi connectivity index (χ1v) is 7.40. The number of nitrogens with zero attached hydrogens (tertiary/aromatic N) is 1. The summed E-state index contributed by atoms with van der Waals surface area (Å²) < 4.78 is 6.06. The zero-order valence-electron chi connectivity index (χ0n) is 13.0. The fourth-order valence-electron chi connectivity index (χ4n) is 3.65. The molecule has 0 aliphatic carbocycles. The van der Waals surface area contributed by atoms with Crippen LogP contribution in [0.4, 0.5) is 0 Å². The van der Waals surface area contributed by atoms with Crippen molar-refractivity contribution in [3.05, 3.63) is 0 Å². The molecule has 4 heteroatoms. The smallest absolute Gasteiger partial charge is 0.230 e. The lowest BCUT2D eigenvalue weighted by molar-refractivity contribution is -0.192. The third-order valence-corrected chi connectivity index (χ3v) is 4.36. The number of carbonyl (C=O) groups excluding carboxylic acids is 1. The summed E-state index contributed by atoms with van der Waals surface area (Å²) in [5.74, 6) is 0.310. The van der Waals surface area contributed by atoms with Gasteiger partial charge in [0.2, 0.25) is 5.91 Å². The van der Waals surface area contributed by atoms with Gasteiger partial charge in [-0.2, -0.15) is 0 Å². The Morgan fingerprint density at radius 1 is 1.21 bits per heavy atom. The first kappa shape index (κ1) is 14.8. The maximum Gasteiger partial charge on any atom is 0.230 e. The van der Waals surface area contributed by atoms with Crippen molar-refractivity contribution < 1.29 is 9.53 Å². The third kappa shape index (κ3) is 2.95. The maximum atomic E-state index is 13.0. The molecule has 0 aromatic heterocycles. The molecule has 2 rings (SSSR count). The molecule has 0 spiro atoms. The molecular weight excluding hydrogens is 240 g/mol. The number of nitrogens with one attached hydrogen (secondary N) is 1. The average Bonchev–Trinajstić information content (AvgIpc) is 2.73. The first-order valence-electron chi connectivity index (χ1n) is 7.40. The van der Waals surface area contributed by atoms with Crippen molar-refractivity contribution in [3.63, 3.8) is 0 Å². The summed E-state index contributed by atoms with van der Waals surface area (Å²) >= 11 is 0. The van der Waals surface area contributed by atoms with Gasteiger partial charge in [-0.15, -0.1) is 0 Å². The maximum absolute atomic E-state index is 13.0. The van der Waals surface area contributed by atoms with Crippen molar-refractivity contribution in [1.29, 1.82) is 0 Å². The van der Waals surface area contributed by atoms with Gasteiger partial charge in [-0.05, 0) is 47.1 Å². The van der Waals surface area contributed by atoms with Gasteiger partial charge in [0, 0.05) is 19.6 Å². The molecule has 0 aromatic carbocycles. The van der Waals surface area contributed by atoms with Gasteiger partial charge in [-0.1, -0.05) is 6.92 Å². The lowest BCUT2D eigenvalue weighted by Crippen LogP contribution is -2.61. The van der Waals surface area contributed by atoms with E-state index in [1.165, 1.54) is 0 Å². The second-order valence-electron chi connectivity index (χ2n) is 7.34. The van der Waals surface area contributed by atoms with Gasteiger partial charge in [-0.3, -0.25) is 4.79 Å². The van der Waals surface area contributed by atoms with Gasteiger partial charge in [0.1, 0.15) is 0 Å². The third-order valence-electron chi connectivity index (χ3n) is 4.36. The Bertz CT molecular complexity index is 341. The van der Waals surface area contributed by atoms with Gasteiger partial charge >= 0.3 is 0 Å². The molecule has 0 aromatic rings. The van der Waals surface area contributed by atoms with E-state index in [1.807, 2.05) is 4.90 Å². The number of rotatable bonds is 2. The van der Waals surface area contributed by atoms with Crippen LogP contribution in [0.15, 0.2) is 0 Å². The molecule has 2 fully saturated rings. The molecule has 0 bridgehead atoms. The van der Waals surface area contributed by atoms with Gasteiger partial charge in [0.15, 0.2) is 0 Å². The standard InChI is InChI=1S/C15H28N2O2/c1-6-15(7-8-16-9-15)12(18)17-10-13(2,3)19-14(4,5)11-17/h16H,6-11H2,1-5H3. The van der Waals surface area contributed by atoms with Gasteiger partial charge < -0.3 is 15.0 Å². The molecule has 0 radical (unpaired) electrons. The zero-order valence-corrected chi connectivity index (χ0v) is 13.0. The van der Waals surface area contributed by atoms with Gasteiger partial charge in [0.05, 0.1) is 16.6 Å². The van der Waals surface area contributed by atoms with Crippen molar-refractivity contribution >= 4 is 5.91 Å². The van der Waals surface area contributed by atoms with Crippen LogP contribution < -0.4 is 5.32 Å². The Morgan fingerprint density at radius 3 is 2.21 bits per heavy atom. The van der Waals surface area contributed by atoms with Crippen LogP contribution in [0.25, 0.3) is 0 Å². The topological polar surface area (TPSA) is 41.6 Å². The Hall–Kier alpha value is -0.610. The fraction of sp³-hybridized carbons (Fsp3) is 0.933. The van der Waals surface area contributed by atoms with E-state index in [1.54, 1.807) is 0 Å². The van der Waals surface area contributed by atoms with Crippen LogP contribution in [0.3, 0.4) is 0 Å². The van der Waals surface area contributed by atoms with Crippen molar-refractivity contribution in [2.45, 2.75) is 58.7 Å². The molecule has 0 saturated carbocycles. The Kier molecular flexibility index (Phi) is 3.69. The number of hydrogen-bond acceptors (Lipinski definition) is 3. The normalized spacial score (nSPS) is 33.4. The van der Waals surface area contributed by atoms with Crippen molar-refractivity contribution in [3.8, 4) is 0 Å². The average molecular weight is 268 g/mol. The molecule has 110 valence electrons. The second-order valence-corrected chi connectivity index (χ2v) is 7.34. The molecule has 1 N–H and O–H groups in total. The van der Waals surface area contributed by atoms with Gasteiger partial charge in [0.25, 0.3) is 0 Å². The number of carbonyl (C=O) groups is 1. The first-order chi connectivity index (χ1) is 8.70. The van der Waals surface area contributed by atoms with Gasteiger partial charge in [-0.25, -0.2) is 0 Å². The molecule has 19 heavy (non-hydrogen) atoms. The van der Waals surface area contributed by atoms with E-state index in [2.05, 4.69) is 39.9 Å². The number of ether oxygens (including phenoxy) is 1. The van der Waals surface area contributed by atoms with E-state index in [9.17, 15) is 4.79 Å². The highest BCUT2D eigenvalue weighted by atomic mass is 16.5. The quantitative estimate of drug-likeness (QED) is 0.830. The van der Waals surface area contributed by atoms with E-state index in [4.69, 9.17) is 4.74 Å². The minimum Gasteiger partial charge on any atom is -0.366 e. The molecule has 2 heterocycles. The van der Waals surface area contributed by atoms with E-state index in [0.29, 0.717) is 19.0 Å². The van der Waals surface area contributed by atoms with Crippen LogP contribution in [0.1, 0.15) is 47.5 Å². The second kappa shape index (κ2) is 4.74.